The van der Waals surface area contributed by atoms with Gasteiger partial charge in [0.1, 0.15) is 0 Å². The SMILES string of the molecule is Cn1cc(C2CCN(C(=O)C3CCCC3)CC2)c2cc(NC(=O)N3CCOC(C#N)C3)ccc21. The number of amides is 3. The van der Waals surface area contributed by atoms with Crippen molar-refractivity contribution in [3.8, 4) is 6.07 Å². The second kappa shape index (κ2) is 9.67. The predicted molar refractivity (Wildman–Crippen MR) is 129 cm³/mol. The predicted octanol–water partition coefficient (Wildman–Crippen LogP) is 3.83. The molecule has 3 amide bonds. The Hall–Kier alpha value is -3.05. The summed E-state index contributed by atoms with van der Waals surface area (Å²) in [4.78, 5) is 29.3. The zero-order chi connectivity index (χ0) is 23.7. The minimum absolute atomic E-state index is 0.209. The fourth-order valence-corrected chi connectivity index (χ4v) is 5.78. The molecule has 5 rings (SSSR count). The Morgan fingerprint density at radius 2 is 1.85 bits per heavy atom. The molecule has 0 spiro atoms. The fourth-order valence-electron chi connectivity index (χ4n) is 5.78. The van der Waals surface area contributed by atoms with Gasteiger partial charge in [0.05, 0.1) is 19.2 Å². The first kappa shape index (κ1) is 22.7. The monoisotopic (exact) mass is 463 g/mol. The van der Waals surface area contributed by atoms with Crippen LogP contribution in [0.15, 0.2) is 24.4 Å². The van der Waals surface area contributed by atoms with Crippen LogP contribution in [0.4, 0.5) is 10.5 Å². The molecule has 1 aliphatic carbocycles. The van der Waals surface area contributed by atoms with Gasteiger partial charge in [-0.25, -0.2) is 4.79 Å². The maximum absolute atomic E-state index is 12.8. The van der Waals surface area contributed by atoms with Crippen LogP contribution in [-0.4, -0.2) is 65.2 Å². The van der Waals surface area contributed by atoms with Crippen molar-refractivity contribution in [1.29, 1.82) is 5.26 Å². The fraction of sp³-hybridized carbons (Fsp3) is 0.577. The highest BCUT2D eigenvalue weighted by Crippen LogP contribution is 2.36. The summed E-state index contributed by atoms with van der Waals surface area (Å²) in [6, 6.07) is 7.90. The summed E-state index contributed by atoms with van der Waals surface area (Å²) in [6.07, 6.45) is 8.05. The van der Waals surface area contributed by atoms with Crippen LogP contribution in [0.25, 0.3) is 10.9 Å². The lowest BCUT2D eigenvalue weighted by Gasteiger charge is -2.33. The normalized spacial score (nSPS) is 22.2. The first-order valence-electron chi connectivity index (χ1n) is 12.5. The number of rotatable bonds is 3. The van der Waals surface area contributed by atoms with Crippen LogP contribution < -0.4 is 5.32 Å². The van der Waals surface area contributed by atoms with Crippen molar-refractivity contribution < 1.29 is 14.3 Å². The molecule has 2 aromatic rings. The van der Waals surface area contributed by atoms with Crippen LogP contribution in [0.5, 0.6) is 0 Å². The van der Waals surface area contributed by atoms with E-state index < -0.39 is 6.10 Å². The van der Waals surface area contributed by atoms with Crippen molar-refractivity contribution in [2.45, 2.75) is 50.5 Å². The lowest BCUT2D eigenvalue weighted by atomic mass is 9.88. The Balaban J connectivity index is 1.28. The number of carbonyl (C=O) groups excluding carboxylic acids is 2. The molecule has 2 saturated heterocycles. The summed E-state index contributed by atoms with van der Waals surface area (Å²) >= 11 is 0. The molecule has 3 fully saturated rings. The van der Waals surface area contributed by atoms with Gasteiger partial charge < -0.3 is 24.4 Å². The minimum Gasteiger partial charge on any atom is -0.360 e. The molecule has 34 heavy (non-hydrogen) atoms. The molecule has 0 radical (unpaired) electrons. The van der Waals surface area contributed by atoms with Gasteiger partial charge in [0.15, 0.2) is 6.10 Å². The smallest absolute Gasteiger partial charge is 0.322 e. The standard InChI is InChI=1S/C26H33N5O3/c1-29-17-23(18-8-10-30(11-9-18)25(32)19-4-2-3-5-19)22-14-20(6-7-24(22)29)28-26(33)31-12-13-34-21(15-27)16-31/h6-7,14,17-19,21H,2-5,8-13,16H2,1H3,(H,28,33). The van der Waals surface area contributed by atoms with Crippen LogP contribution >= 0.6 is 0 Å². The Kier molecular flexibility index (Phi) is 6.46. The van der Waals surface area contributed by atoms with Crippen molar-refractivity contribution in [1.82, 2.24) is 14.4 Å². The number of anilines is 1. The number of carbonyl (C=O) groups is 2. The van der Waals surface area contributed by atoms with E-state index in [-0.39, 0.29) is 18.5 Å². The molecule has 1 aromatic heterocycles. The molecule has 1 unspecified atom stereocenters. The molecule has 1 saturated carbocycles. The van der Waals surface area contributed by atoms with E-state index in [4.69, 9.17) is 10.00 Å². The summed E-state index contributed by atoms with van der Waals surface area (Å²) < 4.78 is 7.49. The quantitative estimate of drug-likeness (QED) is 0.749. The highest BCUT2D eigenvalue weighted by Gasteiger charge is 2.31. The molecular weight excluding hydrogens is 430 g/mol. The van der Waals surface area contributed by atoms with E-state index in [0.29, 0.717) is 25.0 Å². The number of hydrogen-bond acceptors (Lipinski definition) is 4. The third-order valence-electron chi connectivity index (χ3n) is 7.72. The van der Waals surface area contributed by atoms with Gasteiger partial charge in [0.25, 0.3) is 0 Å². The van der Waals surface area contributed by atoms with E-state index in [9.17, 15) is 9.59 Å². The molecule has 8 heteroatoms. The number of benzene rings is 1. The van der Waals surface area contributed by atoms with E-state index in [0.717, 1.165) is 55.4 Å². The molecule has 0 bridgehead atoms. The van der Waals surface area contributed by atoms with Gasteiger partial charge in [-0.15, -0.1) is 0 Å². The maximum Gasteiger partial charge on any atom is 0.322 e. The number of ether oxygens (including phenoxy) is 1. The number of fused-ring (bicyclic) bond motifs is 1. The molecule has 2 aliphatic heterocycles. The minimum atomic E-state index is -0.575. The third-order valence-corrected chi connectivity index (χ3v) is 7.72. The van der Waals surface area contributed by atoms with Gasteiger partial charge in [-0.05, 0) is 55.4 Å². The average Bonchev–Trinajstić information content (AvgIpc) is 3.52. The van der Waals surface area contributed by atoms with Crippen LogP contribution in [0.3, 0.4) is 0 Å². The average molecular weight is 464 g/mol. The first-order valence-corrected chi connectivity index (χ1v) is 12.5. The van der Waals surface area contributed by atoms with Crippen molar-refractivity contribution in [3.05, 3.63) is 30.0 Å². The van der Waals surface area contributed by atoms with Gasteiger partial charge >= 0.3 is 6.03 Å². The summed E-state index contributed by atoms with van der Waals surface area (Å²) in [5.41, 5.74) is 3.17. The number of hydrogen-bond donors (Lipinski definition) is 1. The van der Waals surface area contributed by atoms with Crippen LogP contribution in [-0.2, 0) is 16.6 Å². The van der Waals surface area contributed by atoms with Gasteiger partial charge in [0.2, 0.25) is 5.91 Å². The lowest BCUT2D eigenvalue weighted by molar-refractivity contribution is -0.136. The lowest BCUT2D eigenvalue weighted by Crippen LogP contribution is -2.46. The van der Waals surface area contributed by atoms with Gasteiger partial charge in [-0.3, -0.25) is 4.79 Å². The van der Waals surface area contributed by atoms with Crippen molar-refractivity contribution in [2.75, 3.05) is 38.1 Å². The van der Waals surface area contributed by atoms with Crippen LogP contribution in [0.2, 0.25) is 0 Å². The molecule has 1 N–H and O–H groups in total. The number of nitrogens with one attached hydrogen (secondary N) is 1. The Labute approximate surface area is 200 Å². The molecule has 3 aliphatic rings. The molecule has 3 heterocycles. The maximum atomic E-state index is 12.8. The first-order chi connectivity index (χ1) is 16.5. The number of nitrogens with zero attached hydrogens (tertiary/aromatic N) is 4. The van der Waals surface area contributed by atoms with Crippen molar-refractivity contribution in [3.63, 3.8) is 0 Å². The molecular formula is C26H33N5O3. The number of aromatic nitrogens is 1. The number of piperidine rings is 1. The zero-order valence-corrected chi connectivity index (χ0v) is 19.8. The van der Waals surface area contributed by atoms with Crippen LogP contribution in [0.1, 0.15) is 50.0 Å². The van der Waals surface area contributed by atoms with Gasteiger partial charge in [-0.2, -0.15) is 5.26 Å². The van der Waals surface area contributed by atoms with Crippen molar-refractivity contribution >= 4 is 28.5 Å². The Morgan fingerprint density at radius 1 is 1.09 bits per heavy atom. The van der Waals surface area contributed by atoms with Crippen molar-refractivity contribution in [2.24, 2.45) is 13.0 Å². The molecule has 180 valence electrons. The van der Waals surface area contributed by atoms with E-state index in [2.05, 4.69) is 40.2 Å². The van der Waals surface area contributed by atoms with E-state index >= 15 is 0 Å². The molecule has 8 nitrogen and oxygen atoms in total. The number of likely N-dealkylation sites (tertiary alicyclic amines) is 1. The number of aryl methyl sites for hydroxylation is 1. The third kappa shape index (κ3) is 4.49. The number of urea groups is 1. The van der Waals surface area contributed by atoms with E-state index in [1.54, 1.807) is 4.90 Å². The summed E-state index contributed by atoms with van der Waals surface area (Å²) in [5.74, 6) is 1.01. The summed E-state index contributed by atoms with van der Waals surface area (Å²) in [5, 5.41) is 13.3. The van der Waals surface area contributed by atoms with Gasteiger partial charge in [0, 0.05) is 55.4 Å². The van der Waals surface area contributed by atoms with Crippen LogP contribution in [0, 0.1) is 17.2 Å². The second-order valence-corrected chi connectivity index (χ2v) is 9.87. The highest BCUT2D eigenvalue weighted by molar-refractivity contribution is 5.94. The largest absolute Gasteiger partial charge is 0.360 e. The highest BCUT2D eigenvalue weighted by atomic mass is 16.5. The molecule has 1 aromatic carbocycles. The second-order valence-electron chi connectivity index (χ2n) is 9.87. The molecule has 1 atom stereocenters. The van der Waals surface area contributed by atoms with Gasteiger partial charge in [-0.1, -0.05) is 12.8 Å². The van der Waals surface area contributed by atoms with E-state index in [1.807, 2.05) is 12.1 Å². The Morgan fingerprint density at radius 3 is 2.59 bits per heavy atom. The Bertz CT molecular complexity index is 1110. The summed E-state index contributed by atoms with van der Waals surface area (Å²) in [6.45, 7) is 2.77. The van der Waals surface area contributed by atoms with E-state index in [1.165, 1.54) is 18.4 Å². The number of morpholine rings is 1. The topological polar surface area (TPSA) is 90.6 Å². The zero-order valence-electron chi connectivity index (χ0n) is 19.8. The number of nitriles is 1. The summed E-state index contributed by atoms with van der Waals surface area (Å²) in [7, 11) is 2.05.